The van der Waals surface area contributed by atoms with Gasteiger partial charge in [-0.1, -0.05) is 24.8 Å². The molecule has 2 rings (SSSR count). The van der Waals surface area contributed by atoms with Gasteiger partial charge in [0.25, 0.3) is 0 Å². The van der Waals surface area contributed by atoms with Gasteiger partial charge >= 0.3 is 11.8 Å². The first kappa shape index (κ1) is 19.1. The number of rotatable bonds is 8. The zero-order chi connectivity index (χ0) is 18.8. The lowest BCUT2D eigenvalue weighted by Gasteiger charge is -2.08. The molecule has 0 radical (unpaired) electrons. The number of nitrogens with one attached hydrogen (secondary N) is 2. The van der Waals surface area contributed by atoms with E-state index in [4.69, 9.17) is 9.47 Å². The lowest BCUT2D eigenvalue weighted by molar-refractivity contribution is -0.136. The Balaban J connectivity index is 1.76. The fraction of sp³-hybridized carbons (Fsp3) is 0.200. The number of benzene rings is 2. The molecule has 2 N–H and O–H groups in total. The van der Waals surface area contributed by atoms with Crippen LogP contribution < -0.4 is 20.1 Å². The molecule has 0 atom stereocenters. The molecule has 0 aromatic heterocycles. The number of methoxy groups -OCH3 is 1. The standard InChI is InChI=1S/C20H22N2O4/c1-3-14-26-18-10-6-16(7-11-18)22-20(24)19(23)21-13-12-15-4-8-17(25-2)9-5-15/h3-11H,1,12-14H2,2H3,(H,21,23)(H,22,24). The third kappa shape index (κ3) is 5.98. The van der Waals surface area contributed by atoms with Crippen molar-refractivity contribution < 1.29 is 19.1 Å². The van der Waals surface area contributed by atoms with Crippen molar-refractivity contribution in [3.05, 3.63) is 66.7 Å². The molecule has 6 heteroatoms. The minimum atomic E-state index is -0.709. The van der Waals surface area contributed by atoms with Crippen LogP contribution in [-0.4, -0.2) is 32.1 Å². The molecule has 0 spiro atoms. The molecule has 6 nitrogen and oxygen atoms in total. The smallest absolute Gasteiger partial charge is 0.313 e. The van der Waals surface area contributed by atoms with Gasteiger partial charge in [-0.05, 0) is 48.4 Å². The van der Waals surface area contributed by atoms with Gasteiger partial charge in [0, 0.05) is 12.2 Å². The molecule has 0 aliphatic rings. The van der Waals surface area contributed by atoms with E-state index < -0.39 is 11.8 Å². The van der Waals surface area contributed by atoms with Gasteiger partial charge in [0.05, 0.1) is 7.11 Å². The van der Waals surface area contributed by atoms with E-state index in [9.17, 15) is 9.59 Å². The average Bonchev–Trinajstić information content (AvgIpc) is 2.67. The van der Waals surface area contributed by atoms with Crippen LogP contribution in [-0.2, 0) is 16.0 Å². The summed E-state index contributed by atoms with van der Waals surface area (Å²) in [5, 5.41) is 5.15. The minimum Gasteiger partial charge on any atom is -0.497 e. The largest absolute Gasteiger partial charge is 0.497 e. The van der Waals surface area contributed by atoms with Gasteiger partial charge in [-0.3, -0.25) is 9.59 Å². The molecule has 2 aromatic carbocycles. The van der Waals surface area contributed by atoms with E-state index in [1.807, 2.05) is 24.3 Å². The highest BCUT2D eigenvalue weighted by Crippen LogP contribution is 2.15. The number of anilines is 1. The first-order valence-electron chi connectivity index (χ1n) is 8.18. The summed E-state index contributed by atoms with van der Waals surface area (Å²) >= 11 is 0. The molecule has 0 saturated carbocycles. The Hall–Kier alpha value is -3.28. The van der Waals surface area contributed by atoms with Gasteiger partial charge < -0.3 is 20.1 Å². The van der Waals surface area contributed by atoms with Crippen molar-refractivity contribution in [2.24, 2.45) is 0 Å². The first-order valence-corrected chi connectivity index (χ1v) is 8.18. The molecule has 0 unspecified atom stereocenters. The van der Waals surface area contributed by atoms with Crippen LogP contribution in [0, 0.1) is 0 Å². The molecule has 0 aliphatic heterocycles. The maximum absolute atomic E-state index is 11.9. The SMILES string of the molecule is C=CCOc1ccc(NC(=O)C(=O)NCCc2ccc(OC)cc2)cc1. The van der Waals surface area contributed by atoms with Gasteiger partial charge in [-0.25, -0.2) is 0 Å². The summed E-state index contributed by atoms with van der Waals surface area (Å²) in [7, 11) is 1.61. The molecule has 0 aliphatic carbocycles. The lowest BCUT2D eigenvalue weighted by atomic mass is 10.1. The fourth-order valence-corrected chi connectivity index (χ4v) is 2.17. The van der Waals surface area contributed by atoms with Gasteiger partial charge in [-0.2, -0.15) is 0 Å². The summed E-state index contributed by atoms with van der Waals surface area (Å²) in [6, 6.07) is 14.3. The van der Waals surface area contributed by atoms with Crippen molar-refractivity contribution in [1.82, 2.24) is 5.32 Å². The maximum Gasteiger partial charge on any atom is 0.313 e. The second-order valence-corrected chi connectivity index (χ2v) is 5.43. The molecule has 136 valence electrons. The number of hydrogen-bond donors (Lipinski definition) is 2. The highest BCUT2D eigenvalue weighted by atomic mass is 16.5. The summed E-state index contributed by atoms with van der Waals surface area (Å²) in [4.78, 5) is 23.8. The predicted octanol–water partition coefficient (Wildman–Crippen LogP) is 2.56. The number of ether oxygens (including phenoxy) is 2. The third-order valence-electron chi connectivity index (χ3n) is 3.54. The monoisotopic (exact) mass is 354 g/mol. The van der Waals surface area contributed by atoms with E-state index in [2.05, 4.69) is 17.2 Å². The topological polar surface area (TPSA) is 76.7 Å². The highest BCUT2D eigenvalue weighted by Gasteiger charge is 2.13. The van der Waals surface area contributed by atoms with Gasteiger partial charge in [-0.15, -0.1) is 0 Å². The van der Waals surface area contributed by atoms with E-state index in [1.165, 1.54) is 0 Å². The van der Waals surface area contributed by atoms with Crippen molar-refractivity contribution in [2.45, 2.75) is 6.42 Å². The molecule has 0 bridgehead atoms. The Kier molecular flexibility index (Phi) is 7.24. The van der Waals surface area contributed by atoms with E-state index in [0.717, 1.165) is 11.3 Å². The Bertz CT molecular complexity index is 739. The van der Waals surface area contributed by atoms with Crippen molar-refractivity contribution in [1.29, 1.82) is 0 Å². The molecule has 0 fully saturated rings. The van der Waals surface area contributed by atoms with Crippen LogP contribution in [0.25, 0.3) is 0 Å². The van der Waals surface area contributed by atoms with E-state index in [0.29, 0.717) is 31.0 Å². The van der Waals surface area contributed by atoms with Crippen LogP contribution in [0.15, 0.2) is 61.2 Å². The van der Waals surface area contributed by atoms with Gasteiger partial charge in [0.15, 0.2) is 0 Å². The Morgan fingerprint density at radius 2 is 1.65 bits per heavy atom. The average molecular weight is 354 g/mol. The first-order chi connectivity index (χ1) is 12.6. The second kappa shape index (κ2) is 9.88. The third-order valence-corrected chi connectivity index (χ3v) is 3.54. The van der Waals surface area contributed by atoms with Crippen LogP contribution in [0.1, 0.15) is 5.56 Å². The predicted molar refractivity (Wildman–Crippen MR) is 100 cm³/mol. The van der Waals surface area contributed by atoms with Gasteiger partial charge in [0.1, 0.15) is 18.1 Å². The van der Waals surface area contributed by atoms with Crippen molar-refractivity contribution in [3.8, 4) is 11.5 Å². The summed E-state index contributed by atoms with van der Waals surface area (Å²) in [5.74, 6) is 0.0508. The Morgan fingerprint density at radius 1 is 1.00 bits per heavy atom. The quantitative estimate of drug-likeness (QED) is 0.564. The summed E-state index contributed by atoms with van der Waals surface area (Å²) < 4.78 is 10.4. The number of hydrogen-bond acceptors (Lipinski definition) is 4. The summed E-state index contributed by atoms with van der Waals surface area (Å²) in [6.07, 6.45) is 2.27. The summed E-state index contributed by atoms with van der Waals surface area (Å²) in [5.41, 5.74) is 1.56. The maximum atomic E-state index is 11.9. The normalized spacial score (nSPS) is 9.88. The summed E-state index contributed by atoms with van der Waals surface area (Å²) in [6.45, 7) is 4.34. The van der Waals surface area contributed by atoms with Crippen LogP contribution in [0.4, 0.5) is 5.69 Å². The van der Waals surface area contributed by atoms with Crippen LogP contribution in [0.2, 0.25) is 0 Å². The molecular formula is C20H22N2O4. The van der Waals surface area contributed by atoms with Crippen LogP contribution in [0.5, 0.6) is 11.5 Å². The number of amides is 2. The Morgan fingerprint density at radius 3 is 2.27 bits per heavy atom. The molecule has 26 heavy (non-hydrogen) atoms. The van der Waals surface area contributed by atoms with Crippen molar-refractivity contribution >= 4 is 17.5 Å². The van der Waals surface area contributed by atoms with Crippen LogP contribution >= 0.6 is 0 Å². The number of carbonyl (C=O) groups excluding carboxylic acids is 2. The second-order valence-electron chi connectivity index (χ2n) is 5.43. The van der Waals surface area contributed by atoms with E-state index >= 15 is 0 Å². The molecule has 2 amide bonds. The molecule has 0 saturated heterocycles. The molecule has 2 aromatic rings. The van der Waals surface area contributed by atoms with Crippen LogP contribution in [0.3, 0.4) is 0 Å². The van der Waals surface area contributed by atoms with E-state index in [1.54, 1.807) is 37.5 Å². The zero-order valence-corrected chi connectivity index (χ0v) is 14.7. The van der Waals surface area contributed by atoms with Crippen molar-refractivity contribution in [2.75, 3.05) is 25.6 Å². The lowest BCUT2D eigenvalue weighted by Crippen LogP contribution is -2.36. The van der Waals surface area contributed by atoms with E-state index in [-0.39, 0.29) is 0 Å². The minimum absolute atomic E-state index is 0.368. The highest BCUT2D eigenvalue weighted by molar-refractivity contribution is 6.39. The van der Waals surface area contributed by atoms with Crippen molar-refractivity contribution in [3.63, 3.8) is 0 Å². The Labute approximate surface area is 152 Å². The zero-order valence-electron chi connectivity index (χ0n) is 14.7. The molecular weight excluding hydrogens is 332 g/mol. The molecule has 0 heterocycles. The van der Waals surface area contributed by atoms with Gasteiger partial charge in [0.2, 0.25) is 0 Å². The fourth-order valence-electron chi connectivity index (χ4n) is 2.17. The number of carbonyl (C=O) groups is 2.